The standard InChI is InChI=1S/C18H28N4O3S/c1-4-17(23)20-10-9-15-5-7-16(8-6-15)26(24,25)22-12-11-21(18(22)19)13-14(2)3/h5-8,14,19H,4,9-13H2,1-3H3,(H,20,23). The largest absolute Gasteiger partial charge is 0.356 e. The summed E-state index contributed by atoms with van der Waals surface area (Å²) in [5.41, 5.74) is 0.957. The van der Waals surface area contributed by atoms with Crippen molar-refractivity contribution in [3.63, 3.8) is 0 Å². The number of guanidine groups is 1. The van der Waals surface area contributed by atoms with Gasteiger partial charge in [0.25, 0.3) is 10.0 Å². The highest BCUT2D eigenvalue weighted by atomic mass is 32.2. The van der Waals surface area contributed by atoms with Gasteiger partial charge >= 0.3 is 0 Å². The van der Waals surface area contributed by atoms with E-state index in [1.807, 2.05) is 13.8 Å². The molecule has 2 rings (SSSR count). The third-order valence-corrected chi connectivity index (χ3v) is 6.07. The molecule has 7 nitrogen and oxygen atoms in total. The monoisotopic (exact) mass is 380 g/mol. The fourth-order valence-corrected chi connectivity index (χ4v) is 4.26. The van der Waals surface area contributed by atoms with Gasteiger partial charge in [-0.25, -0.2) is 12.7 Å². The van der Waals surface area contributed by atoms with Crippen LogP contribution in [-0.2, 0) is 21.2 Å². The molecule has 8 heteroatoms. The van der Waals surface area contributed by atoms with Crippen molar-refractivity contribution in [2.24, 2.45) is 5.92 Å². The lowest BCUT2D eigenvalue weighted by atomic mass is 10.1. The van der Waals surface area contributed by atoms with Crippen LogP contribution in [0.3, 0.4) is 0 Å². The summed E-state index contributed by atoms with van der Waals surface area (Å²) in [4.78, 5) is 13.2. The Labute approximate surface area is 155 Å². The number of nitrogens with one attached hydrogen (secondary N) is 2. The summed E-state index contributed by atoms with van der Waals surface area (Å²) < 4.78 is 26.8. The summed E-state index contributed by atoms with van der Waals surface area (Å²) in [7, 11) is -3.71. The lowest BCUT2D eigenvalue weighted by Gasteiger charge is -2.23. The highest BCUT2D eigenvalue weighted by Crippen LogP contribution is 2.21. The number of benzene rings is 1. The third kappa shape index (κ3) is 4.75. The lowest BCUT2D eigenvalue weighted by molar-refractivity contribution is -0.120. The van der Waals surface area contributed by atoms with E-state index in [4.69, 9.17) is 5.41 Å². The van der Waals surface area contributed by atoms with Crippen molar-refractivity contribution in [1.29, 1.82) is 5.41 Å². The zero-order valence-corrected chi connectivity index (χ0v) is 16.5. The molecule has 1 fully saturated rings. The molecular formula is C18H28N4O3S. The number of nitrogens with zero attached hydrogens (tertiary/aromatic N) is 2. The Hall–Kier alpha value is -2.09. The maximum Gasteiger partial charge on any atom is 0.266 e. The van der Waals surface area contributed by atoms with Gasteiger partial charge in [-0.3, -0.25) is 10.2 Å². The van der Waals surface area contributed by atoms with Gasteiger partial charge in [-0.1, -0.05) is 32.9 Å². The number of carbonyl (C=O) groups is 1. The Balaban J connectivity index is 2.03. The van der Waals surface area contributed by atoms with Crippen LogP contribution in [0.1, 0.15) is 32.8 Å². The predicted molar refractivity (Wildman–Crippen MR) is 101 cm³/mol. The highest BCUT2D eigenvalue weighted by Gasteiger charge is 2.35. The van der Waals surface area contributed by atoms with E-state index < -0.39 is 10.0 Å². The smallest absolute Gasteiger partial charge is 0.266 e. The van der Waals surface area contributed by atoms with E-state index in [-0.39, 0.29) is 16.8 Å². The quantitative estimate of drug-likeness (QED) is 0.717. The topological polar surface area (TPSA) is 93.6 Å². The first kappa shape index (κ1) is 20.2. The van der Waals surface area contributed by atoms with Crippen LogP contribution in [0, 0.1) is 11.3 Å². The normalized spacial score (nSPS) is 15.0. The van der Waals surface area contributed by atoms with Gasteiger partial charge in [0.2, 0.25) is 11.9 Å². The van der Waals surface area contributed by atoms with Crippen LogP contribution in [0.5, 0.6) is 0 Å². The Kier molecular flexibility index (Phi) is 6.63. The number of hydrogen-bond acceptors (Lipinski definition) is 4. The van der Waals surface area contributed by atoms with Crippen molar-refractivity contribution in [2.75, 3.05) is 26.2 Å². The van der Waals surface area contributed by atoms with Crippen molar-refractivity contribution in [2.45, 2.75) is 38.5 Å². The van der Waals surface area contributed by atoms with E-state index in [1.165, 1.54) is 4.31 Å². The van der Waals surface area contributed by atoms with E-state index in [9.17, 15) is 13.2 Å². The van der Waals surface area contributed by atoms with Crippen molar-refractivity contribution in [3.05, 3.63) is 29.8 Å². The van der Waals surface area contributed by atoms with E-state index in [0.29, 0.717) is 44.9 Å². The van der Waals surface area contributed by atoms with E-state index in [0.717, 1.165) is 5.56 Å². The zero-order chi connectivity index (χ0) is 19.3. The number of carbonyl (C=O) groups excluding carboxylic acids is 1. The van der Waals surface area contributed by atoms with Gasteiger partial charge in [-0.15, -0.1) is 0 Å². The molecule has 144 valence electrons. The molecule has 2 N–H and O–H groups in total. The molecule has 1 aromatic carbocycles. The predicted octanol–water partition coefficient (Wildman–Crippen LogP) is 1.65. The second-order valence-electron chi connectivity index (χ2n) is 6.84. The summed E-state index contributed by atoms with van der Waals surface area (Å²) in [5, 5.41) is 11.0. The Morgan fingerprint density at radius 1 is 1.23 bits per heavy atom. The molecule has 0 radical (unpaired) electrons. The zero-order valence-electron chi connectivity index (χ0n) is 15.7. The van der Waals surface area contributed by atoms with Gasteiger partial charge < -0.3 is 10.2 Å². The van der Waals surface area contributed by atoms with Crippen molar-refractivity contribution in [1.82, 2.24) is 14.5 Å². The van der Waals surface area contributed by atoms with Crippen LogP contribution < -0.4 is 5.32 Å². The molecule has 1 aliphatic rings. The molecule has 1 aliphatic heterocycles. The van der Waals surface area contributed by atoms with E-state index in [1.54, 1.807) is 36.1 Å². The minimum Gasteiger partial charge on any atom is -0.356 e. The molecule has 0 aliphatic carbocycles. The maximum absolute atomic E-state index is 12.8. The summed E-state index contributed by atoms with van der Waals surface area (Å²) in [6.45, 7) is 7.95. The molecule has 0 bridgehead atoms. The molecular weight excluding hydrogens is 352 g/mol. The molecule has 1 saturated heterocycles. The molecule has 0 aromatic heterocycles. The lowest BCUT2D eigenvalue weighted by Crippen LogP contribution is -2.38. The number of hydrogen-bond donors (Lipinski definition) is 2. The molecule has 0 spiro atoms. The summed E-state index contributed by atoms with van der Waals surface area (Å²) in [6, 6.07) is 6.67. The summed E-state index contributed by atoms with van der Waals surface area (Å²) >= 11 is 0. The highest BCUT2D eigenvalue weighted by molar-refractivity contribution is 7.89. The molecule has 1 aromatic rings. The van der Waals surface area contributed by atoms with Gasteiger partial charge in [0, 0.05) is 26.1 Å². The van der Waals surface area contributed by atoms with Gasteiger partial charge in [-0.2, -0.15) is 0 Å². The first-order valence-electron chi connectivity index (χ1n) is 8.97. The molecule has 1 heterocycles. The number of sulfonamides is 1. The third-order valence-electron chi connectivity index (χ3n) is 4.26. The van der Waals surface area contributed by atoms with Gasteiger partial charge in [0.1, 0.15) is 0 Å². The van der Waals surface area contributed by atoms with Crippen LogP contribution in [0.2, 0.25) is 0 Å². The molecule has 1 amide bonds. The van der Waals surface area contributed by atoms with E-state index in [2.05, 4.69) is 5.32 Å². The van der Waals surface area contributed by atoms with Crippen LogP contribution in [-0.4, -0.2) is 55.7 Å². The number of rotatable bonds is 8. The van der Waals surface area contributed by atoms with Gasteiger partial charge in [0.15, 0.2) is 0 Å². The van der Waals surface area contributed by atoms with Crippen molar-refractivity contribution >= 4 is 21.9 Å². The van der Waals surface area contributed by atoms with Gasteiger partial charge in [0.05, 0.1) is 11.4 Å². The van der Waals surface area contributed by atoms with Crippen molar-refractivity contribution in [3.8, 4) is 0 Å². The molecule has 0 unspecified atom stereocenters. The van der Waals surface area contributed by atoms with Crippen molar-refractivity contribution < 1.29 is 13.2 Å². The Morgan fingerprint density at radius 3 is 2.46 bits per heavy atom. The van der Waals surface area contributed by atoms with Crippen LogP contribution in [0.4, 0.5) is 0 Å². The average Bonchev–Trinajstić information content (AvgIpc) is 2.96. The van der Waals surface area contributed by atoms with Crippen LogP contribution >= 0.6 is 0 Å². The molecule has 0 atom stereocenters. The first-order valence-corrected chi connectivity index (χ1v) is 10.4. The Morgan fingerprint density at radius 2 is 1.88 bits per heavy atom. The summed E-state index contributed by atoms with van der Waals surface area (Å²) in [6.07, 6.45) is 1.10. The van der Waals surface area contributed by atoms with E-state index >= 15 is 0 Å². The average molecular weight is 381 g/mol. The fourth-order valence-electron chi connectivity index (χ4n) is 2.86. The second-order valence-corrected chi connectivity index (χ2v) is 8.70. The maximum atomic E-state index is 12.8. The molecule has 0 saturated carbocycles. The van der Waals surface area contributed by atoms with Crippen LogP contribution in [0.25, 0.3) is 0 Å². The minimum absolute atomic E-state index is 0.00250. The Bertz CT molecular complexity index is 744. The number of amides is 1. The van der Waals surface area contributed by atoms with Gasteiger partial charge in [-0.05, 0) is 30.0 Å². The van der Waals surface area contributed by atoms with Crippen LogP contribution in [0.15, 0.2) is 29.2 Å². The first-order chi connectivity index (χ1) is 12.3. The fraction of sp³-hybridized carbons (Fsp3) is 0.556. The molecule has 26 heavy (non-hydrogen) atoms. The summed E-state index contributed by atoms with van der Waals surface area (Å²) in [5.74, 6) is 0.415. The minimum atomic E-state index is -3.71. The second kappa shape index (κ2) is 8.53. The SMILES string of the molecule is CCC(=O)NCCc1ccc(S(=O)(=O)N2CCN(CC(C)C)C2=N)cc1.